The molecule has 0 bridgehead atoms. The van der Waals surface area contributed by atoms with Crippen LogP contribution in [0, 0.1) is 5.92 Å². The molecule has 0 fully saturated rings. The monoisotopic (exact) mass is 227 g/mol. The predicted molar refractivity (Wildman–Crippen MR) is 59.8 cm³/mol. The van der Waals surface area contributed by atoms with E-state index in [-0.39, 0.29) is 24.5 Å². The van der Waals surface area contributed by atoms with E-state index >= 15 is 0 Å². The number of aromatic nitrogens is 2. The van der Waals surface area contributed by atoms with Gasteiger partial charge in [0, 0.05) is 13.6 Å². The molecule has 16 heavy (non-hydrogen) atoms. The van der Waals surface area contributed by atoms with Crippen LogP contribution in [0.25, 0.3) is 0 Å². The molecule has 0 saturated heterocycles. The number of hydrogen-bond donors (Lipinski definition) is 2. The number of carbonyl (C=O) groups excluding carboxylic acids is 1. The van der Waals surface area contributed by atoms with E-state index in [0.717, 1.165) is 0 Å². The Bertz CT molecular complexity index is 349. The highest BCUT2D eigenvalue weighted by atomic mass is 16.4. The zero-order valence-corrected chi connectivity index (χ0v) is 9.73. The Balaban J connectivity index is 2.39. The lowest BCUT2D eigenvalue weighted by atomic mass is 10.2. The maximum atomic E-state index is 11.5. The number of hydrogen-bond acceptors (Lipinski definition) is 6. The topological polar surface area (TPSA) is 97.3 Å². The summed E-state index contributed by atoms with van der Waals surface area (Å²) in [6.07, 6.45) is 0. The lowest BCUT2D eigenvalue weighted by Crippen LogP contribution is -2.36. The van der Waals surface area contributed by atoms with E-state index in [2.05, 4.69) is 15.5 Å². The van der Waals surface area contributed by atoms with Gasteiger partial charge in [-0.3, -0.25) is 4.79 Å². The maximum absolute atomic E-state index is 11.5. The molecule has 1 aromatic heterocycles. The van der Waals surface area contributed by atoms with Crippen molar-refractivity contribution in [3.05, 3.63) is 0 Å². The minimum Gasteiger partial charge on any atom is -0.390 e. The van der Waals surface area contributed by atoms with Gasteiger partial charge < -0.3 is 20.4 Å². The number of carbonyl (C=O) groups is 1. The standard InChI is InChI=1S/C9H17N5O2/c1-6(2)4-11-7(15)5-14(3)9-13-12-8(10)16-9/h6H,4-5H2,1-3H3,(H2,10,12)(H,11,15). The first-order valence-electron chi connectivity index (χ1n) is 5.06. The van der Waals surface area contributed by atoms with Crippen LogP contribution in [-0.2, 0) is 4.79 Å². The van der Waals surface area contributed by atoms with E-state index < -0.39 is 0 Å². The number of nitrogens with one attached hydrogen (secondary N) is 1. The van der Waals surface area contributed by atoms with Gasteiger partial charge >= 0.3 is 12.0 Å². The van der Waals surface area contributed by atoms with Crippen molar-refractivity contribution in [2.24, 2.45) is 5.92 Å². The van der Waals surface area contributed by atoms with E-state index in [9.17, 15) is 4.79 Å². The Kier molecular flexibility index (Phi) is 4.10. The molecular weight excluding hydrogens is 210 g/mol. The molecule has 1 amide bonds. The predicted octanol–water partition coefficient (Wildman–Crippen LogP) is -0.140. The second-order valence-electron chi connectivity index (χ2n) is 3.98. The molecule has 1 heterocycles. The second kappa shape index (κ2) is 5.34. The highest BCUT2D eigenvalue weighted by Crippen LogP contribution is 2.10. The first-order chi connectivity index (χ1) is 7.49. The molecule has 1 rings (SSSR count). The zero-order valence-electron chi connectivity index (χ0n) is 9.73. The van der Waals surface area contributed by atoms with Gasteiger partial charge in [-0.2, -0.15) is 0 Å². The number of amides is 1. The molecule has 0 radical (unpaired) electrons. The van der Waals surface area contributed by atoms with Crippen molar-refractivity contribution in [2.45, 2.75) is 13.8 Å². The summed E-state index contributed by atoms with van der Waals surface area (Å²) in [7, 11) is 1.68. The lowest BCUT2D eigenvalue weighted by molar-refractivity contribution is -0.119. The molecule has 0 unspecified atom stereocenters. The zero-order chi connectivity index (χ0) is 12.1. The number of likely N-dealkylation sites (N-methyl/N-ethyl adjacent to an activating group) is 1. The molecule has 0 atom stereocenters. The molecule has 0 spiro atoms. The Morgan fingerprint density at radius 3 is 2.75 bits per heavy atom. The van der Waals surface area contributed by atoms with Crippen molar-refractivity contribution < 1.29 is 9.21 Å². The molecular formula is C9H17N5O2. The fraction of sp³-hybridized carbons (Fsp3) is 0.667. The van der Waals surface area contributed by atoms with Crippen LogP contribution >= 0.6 is 0 Å². The largest absolute Gasteiger partial charge is 0.390 e. The Labute approximate surface area is 94.0 Å². The van der Waals surface area contributed by atoms with Crippen molar-refractivity contribution in [2.75, 3.05) is 30.8 Å². The molecule has 1 aromatic rings. The Morgan fingerprint density at radius 1 is 1.56 bits per heavy atom. The van der Waals surface area contributed by atoms with Crippen LogP contribution < -0.4 is 16.0 Å². The van der Waals surface area contributed by atoms with Gasteiger partial charge in [-0.1, -0.05) is 24.0 Å². The van der Waals surface area contributed by atoms with Gasteiger partial charge in [0.15, 0.2) is 0 Å². The normalized spacial score (nSPS) is 10.5. The average Bonchev–Trinajstić information content (AvgIpc) is 2.62. The smallest absolute Gasteiger partial charge is 0.319 e. The van der Waals surface area contributed by atoms with E-state index in [4.69, 9.17) is 10.2 Å². The van der Waals surface area contributed by atoms with Gasteiger partial charge in [0.2, 0.25) is 5.91 Å². The molecule has 7 heteroatoms. The van der Waals surface area contributed by atoms with Crippen molar-refractivity contribution in [3.63, 3.8) is 0 Å². The van der Waals surface area contributed by atoms with E-state index in [1.165, 1.54) is 0 Å². The van der Waals surface area contributed by atoms with Crippen LogP contribution in [0.4, 0.5) is 12.0 Å². The summed E-state index contributed by atoms with van der Waals surface area (Å²) in [5.74, 6) is 0.335. The van der Waals surface area contributed by atoms with Gasteiger partial charge in [-0.15, -0.1) is 0 Å². The summed E-state index contributed by atoms with van der Waals surface area (Å²) < 4.78 is 4.97. The molecule has 0 aliphatic rings. The molecule has 0 aliphatic carbocycles. The van der Waals surface area contributed by atoms with Crippen LogP contribution in [0.3, 0.4) is 0 Å². The van der Waals surface area contributed by atoms with E-state index in [1.54, 1.807) is 11.9 Å². The summed E-state index contributed by atoms with van der Waals surface area (Å²) >= 11 is 0. The van der Waals surface area contributed by atoms with Gasteiger partial charge in [-0.25, -0.2) is 0 Å². The number of nitrogens with zero attached hydrogens (tertiary/aromatic N) is 3. The van der Waals surface area contributed by atoms with Crippen molar-refractivity contribution >= 4 is 17.9 Å². The summed E-state index contributed by atoms with van der Waals surface area (Å²) in [5.41, 5.74) is 5.28. The van der Waals surface area contributed by atoms with E-state index in [1.807, 2.05) is 13.8 Å². The minimum atomic E-state index is -0.0898. The van der Waals surface area contributed by atoms with Gasteiger partial charge in [0.25, 0.3) is 0 Å². The van der Waals surface area contributed by atoms with E-state index in [0.29, 0.717) is 12.5 Å². The van der Waals surface area contributed by atoms with Crippen LogP contribution in [0.15, 0.2) is 4.42 Å². The van der Waals surface area contributed by atoms with Crippen LogP contribution in [0.5, 0.6) is 0 Å². The summed E-state index contributed by atoms with van der Waals surface area (Å²) in [5, 5.41) is 9.96. The fourth-order valence-electron chi connectivity index (χ4n) is 1.04. The molecule has 3 N–H and O–H groups in total. The fourth-order valence-corrected chi connectivity index (χ4v) is 1.04. The Hall–Kier alpha value is -1.79. The highest BCUT2D eigenvalue weighted by Gasteiger charge is 2.12. The molecule has 0 saturated carbocycles. The molecule has 0 aliphatic heterocycles. The van der Waals surface area contributed by atoms with Crippen molar-refractivity contribution in [1.82, 2.24) is 15.5 Å². The van der Waals surface area contributed by atoms with Gasteiger partial charge in [0.05, 0.1) is 0 Å². The summed E-state index contributed by atoms with van der Waals surface area (Å²) in [6, 6.07) is 0.224. The third-order valence-corrected chi connectivity index (χ3v) is 1.84. The van der Waals surface area contributed by atoms with Gasteiger partial charge in [-0.05, 0) is 5.92 Å². The third kappa shape index (κ3) is 3.76. The Morgan fingerprint density at radius 2 is 2.25 bits per heavy atom. The number of nitrogen functional groups attached to an aromatic ring is 1. The molecule has 7 nitrogen and oxygen atoms in total. The molecule has 90 valence electrons. The SMILES string of the molecule is CC(C)CNC(=O)CN(C)c1nnc(N)o1. The van der Waals surface area contributed by atoms with Crippen molar-refractivity contribution in [1.29, 1.82) is 0 Å². The van der Waals surface area contributed by atoms with Crippen LogP contribution in [-0.4, -0.2) is 36.2 Å². The quantitative estimate of drug-likeness (QED) is 0.726. The minimum absolute atomic E-state index is 0.00978. The second-order valence-corrected chi connectivity index (χ2v) is 3.98. The first-order valence-corrected chi connectivity index (χ1v) is 5.06. The lowest BCUT2D eigenvalue weighted by Gasteiger charge is -2.14. The molecule has 0 aromatic carbocycles. The first kappa shape index (κ1) is 12.3. The third-order valence-electron chi connectivity index (χ3n) is 1.84. The summed E-state index contributed by atoms with van der Waals surface area (Å²) in [6.45, 7) is 4.87. The number of anilines is 2. The maximum Gasteiger partial charge on any atom is 0.319 e. The average molecular weight is 227 g/mol. The van der Waals surface area contributed by atoms with Crippen LogP contribution in [0.2, 0.25) is 0 Å². The van der Waals surface area contributed by atoms with Crippen LogP contribution in [0.1, 0.15) is 13.8 Å². The van der Waals surface area contributed by atoms with Gasteiger partial charge in [0.1, 0.15) is 6.54 Å². The number of nitrogens with two attached hydrogens (primary N) is 1. The number of rotatable bonds is 5. The van der Waals surface area contributed by atoms with Crippen molar-refractivity contribution in [3.8, 4) is 0 Å². The summed E-state index contributed by atoms with van der Waals surface area (Å²) in [4.78, 5) is 13.0. The highest BCUT2D eigenvalue weighted by molar-refractivity contribution is 5.80.